The molecule has 19 heavy (non-hydrogen) atoms. The van der Waals surface area contributed by atoms with Crippen molar-refractivity contribution in [3.8, 4) is 0 Å². The van der Waals surface area contributed by atoms with Gasteiger partial charge in [0.05, 0.1) is 6.42 Å². The average Bonchev–Trinajstić information content (AvgIpc) is 2.34. The van der Waals surface area contributed by atoms with Crippen molar-refractivity contribution in [2.45, 2.75) is 70.8 Å². The van der Waals surface area contributed by atoms with Gasteiger partial charge < -0.3 is 15.5 Å². The van der Waals surface area contributed by atoms with Gasteiger partial charge in [0.15, 0.2) is 0 Å². The first-order chi connectivity index (χ1) is 9.07. The molecule has 0 radical (unpaired) electrons. The molecule has 0 aromatic carbocycles. The SMILES string of the molecule is CCCCCCCCCCNC(CC(=O)O)C(=O)O. The number of carboxylic acids is 2. The van der Waals surface area contributed by atoms with E-state index in [-0.39, 0.29) is 6.42 Å². The summed E-state index contributed by atoms with van der Waals surface area (Å²) >= 11 is 0. The van der Waals surface area contributed by atoms with Crippen LogP contribution in [-0.2, 0) is 9.59 Å². The molecule has 0 aliphatic rings. The third-order valence-corrected chi connectivity index (χ3v) is 3.10. The third kappa shape index (κ3) is 11.7. The number of nitrogens with one attached hydrogen (secondary N) is 1. The standard InChI is InChI=1S/C14H27NO4/c1-2-3-4-5-6-7-8-9-10-15-12(14(18)19)11-13(16)17/h12,15H,2-11H2,1H3,(H,16,17)(H,18,19). The van der Waals surface area contributed by atoms with Crippen molar-refractivity contribution in [2.75, 3.05) is 6.54 Å². The monoisotopic (exact) mass is 273 g/mol. The summed E-state index contributed by atoms with van der Waals surface area (Å²) in [6.45, 7) is 2.76. The van der Waals surface area contributed by atoms with Gasteiger partial charge in [-0.2, -0.15) is 0 Å². The summed E-state index contributed by atoms with van der Waals surface area (Å²) in [6, 6.07) is -0.970. The van der Waals surface area contributed by atoms with E-state index in [0.29, 0.717) is 6.54 Å². The number of aliphatic carboxylic acids is 2. The highest BCUT2D eigenvalue weighted by Gasteiger charge is 2.19. The molecule has 5 heteroatoms. The number of hydrogen-bond donors (Lipinski definition) is 3. The van der Waals surface area contributed by atoms with E-state index >= 15 is 0 Å². The second-order valence-corrected chi connectivity index (χ2v) is 4.92. The molecule has 0 aliphatic heterocycles. The van der Waals surface area contributed by atoms with Gasteiger partial charge in [0.2, 0.25) is 0 Å². The normalized spacial score (nSPS) is 12.3. The molecule has 0 spiro atoms. The van der Waals surface area contributed by atoms with Gasteiger partial charge in [0.1, 0.15) is 6.04 Å². The Bertz CT molecular complexity index is 256. The van der Waals surface area contributed by atoms with Gasteiger partial charge >= 0.3 is 11.9 Å². The van der Waals surface area contributed by atoms with E-state index in [1.54, 1.807) is 0 Å². The molecule has 0 saturated heterocycles. The van der Waals surface area contributed by atoms with Crippen LogP contribution in [0.15, 0.2) is 0 Å². The third-order valence-electron chi connectivity index (χ3n) is 3.10. The van der Waals surface area contributed by atoms with Gasteiger partial charge in [0.25, 0.3) is 0 Å². The van der Waals surface area contributed by atoms with Crippen molar-refractivity contribution < 1.29 is 19.8 Å². The molecule has 1 unspecified atom stereocenters. The number of hydrogen-bond acceptors (Lipinski definition) is 3. The van der Waals surface area contributed by atoms with E-state index in [1.165, 1.54) is 38.5 Å². The summed E-state index contributed by atoms with van der Waals surface area (Å²) < 4.78 is 0. The summed E-state index contributed by atoms with van der Waals surface area (Å²) in [5.41, 5.74) is 0. The minimum Gasteiger partial charge on any atom is -0.481 e. The highest BCUT2D eigenvalue weighted by molar-refractivity contribution is 5.80. The minimum atomic E-state index is -1.10. The molecule has 0 bridgehead atoms. The molecule has 0 saturated carbocycles. The Labute approximate surface area is 115 Å². The summed E-state index contributed by atoms with van der Waals surface area (Å²) in [7, 11) is 0. The fourth-order valence-corrected chi connectivity index (χ4v) is 1.96. The summed E-state index contributed by atoms with van der Waals surface area (Å²) in [4.78, 5) is 21.2. The van der Waals surface area contributed by atoms with Crippen LogP contribution in [0, 0.1) is 0 Å². The Kier molecular flexibility index (Phi) is 11.3. The summed E-state index contributed by atoms with van der Waals surface area (Å²) in [5.74, 6) is -2.18. The minimum absolute atomic E-state index is 0.369. The zero-order valence-corrected chi connectivity index (χ0v) is 11.9. The Morgan fingerprint density at radius 3 is 1.95 bits per heavy atom. The fourth-order valence-electron chi connectivity index (χ4n) is 1.96. The van der Waals surface area contributed by atoms with Crippen molar-refractivity contribution in [3.63, 3.8) is 0 Å². The summed E-state index contributed by atoms with van der Waals surface area (Å²) in [6.07, 6.45) is 9.13. The van der Waals surface area contributed by atoms with Gasteiger partial charge in [-0.3, -0.25) is 9.59 Å². The van der Waals surface area contributed by atoms with Crippen molar-refractivity contribution in [1.82, 2.24) is 5.32 Å². The largest absolute Gasteiger partial charge is 0.481 e. The molecular weight excluding hydrogens is 246 g/mol. The van der Waals surface area contributed by atoms with Gasteiger partial charge in [-0.1, -0.05) is 51.9 Å². The quantitative estimate of drug-likeness (QED) is 0.449. The maximum atomic E-state index is 10.8. The first-order valence-electron chi connectivity index (χ1n) is 7.26. The van der Waals surface area contributed by atoms with Crippen molar-refractivity contribution in [1.29, 1.82) is 0 Å². The Hall–Kier alpha value is -1.10. The van der Waals surface area contributed by atoms with Crippen LogP contribution < -0.4 is 5.32 Å². The highest BCUT2D eigenvalue weighted by Crippen LogP contribution is 2.08. The van der Waals surface area contributed by atoms with E-state index in [0.717, 1.165) is 12.8 Å². The van der Waals surface area contributed by atoms with Crippen LogP contribution >= 0.6 is 0 Å². The van der Waals surface area contributed by atoms with Crippen LogP contribution in [0.2, 0.25) is 0 Å². The lowest BCUT2D eigenvalue weighted by Crippen LogP contribution is -2.39. The lowest BCUT2D eigenvalue weighted by Gasteiger charge is -2.11. The van der Waals surface area contributed by atoms with Gasteiger partial charge in [0, 0.05) is 0 Å². The second kappa shape index (κ2) is 12.0. The number of carbonyl (C=O) groups is 2. The van der Waals surface area contributed by atoms with Gasteiger partial charge in [-0.15, -0.1) is 0 Å². The predicted molar refractivity (Wildman–Crippen MR) is 74.3 cm³/mol. The maximum Gasteiger partial charge on any atom is 0.321 e. The van der Waals surface area contributed by atoms with Crippen LogP contribution in [0.25, 0.3) is 0 Å². The molecule has 0 aliphatic carbocycles. The molecule has 0 heterocycles. The van der Waals surface area contributed by atoms with E-state index in [2.05, 4.69) is 12.2 Å². The Morgan fingerprint density at radius 1 is 0.947 bits per heavy atom. The molecule has 1 atom stereocenters. The zero-order chi connectivity index (χ0) is 14.5. The van der Waals surface area contributed by atoms with E-state index in [1.807, 2.05) is 0 Å². The molecule has 0 aromatic rings. The molecule has 112 valence electrons. The zero-order valence-electron chi connectivity index (χ0n) is 11.9. The van der Waals surface area contributed by atoms with Crippen molar-refractivity contribution in [3.05, 3.63) is 0 Å². The van der Waals surface area contributed by atoms with Crippen LogP contribution in [0.1, 0.15) is 64.7 Å². The molecule has 5 nitrogen and oxygen atoms in total. The fraction of sp³-hybridized carbons (Fsp3) is 0.857. The average molecular weight is 273 g/mol. The highest BCUT2D eigenvalue weighted by atomic mass is 16.4. The van der Waals surface area contributed by atoms with Gasteiger partial charge in [-0.25, -0.2) is 0 Å². The van der Waals surface area contributed by atoms with Crippen LogP contribution in [0.4, 0.5) is 0 Å². The predicted octanol–water partition coefficient (Wildman–Crippen LogP) is 2.64. The van der Waals surface area contributed by atoms with Crippen molar-refractivity contribution in [2.24, 2.45) is 0 Å². The molecule has 0 fully saturated rings. The van der Waals surface area contributed by atoms with Crippen LogP contribution in [0.3, 0.4) is 0 Å². The molecular formula is C14H27NO4. The molecule has 3 N–H and O–H groups in total. The lowest BCUT2D eigenvalue weighted by atomic mass is 10.1. The smallest absolute Gasteiger partial charge is 0.321 e. The van der Waals surface area contributed by atoms with E-state index < -0.39 is 18.0 Å². The van der Waals surface area contributed by atoms with Crippen LogP contribution in [0.5, 0.6) is 0 Å². The molecule has 0 amide bonds. The van der Waals surface area contributed by atoms with E-state index in [4.69, 9.17) is 10.2 Å². The number of unbranched alkanes of at least 4 members (excludes halogenated alkanes) is 7. The topological polar surface area (TPSA) is 86.6 Å². The first kappa shape index (κ1) is 17.9. The molecule has 0 aromatic heterocycles. The summed E-state index contributed by atoms with van der Waals surface area (Å²) in [5, 5.41) is 20.2. The molecule has 0 rings (SSSR count). The van der Waals surface area contributed by atoms with Crippen molar-refractivity contribution >= 4 is 11.9 Å². The van der Waals surface area contributed by atoms with Crippen LogP contribution in [-0.4, -0.2) is 34.7 Å². The lowest BCUT2D eigenvalue weighted by molar-refractivity contribution is -0.145. The number of rotatable bonds is 13. The second-order valence-electron chi connectivity index (χ2n) is 4.92. The first-order valence-corrected chi connectivity index (χ1v) is 7.26. The van der Waals surface area contributed by atoms with Gasteiger partial charge in [-0.05, 0) is 13.0 Å². The van der Waals surface area contributed by atoms with E-state index in [9.17, 15) is 9.59 Å². The number of carboxylic acid groups (broad SMARTS) is 2. The Balaban J connectivity index is 3.45. The maximum absolute atomic E-state index is 10.8. The Morgan fingerprint density at radius 2 is 1.47 bits per heavy atom.